The van der Waals surface area contributed by atoms with Crippen molar-refractivity contribution in [1.29, 1.82) is 0 Å². The van der Waals surface area contributed by atoms with Gasteiger partial charge in [0.25, 0.3) is 10.2 Å². The van der Waals surface area contributed by atoms with Crippen LogP contribution in [0.1, 0.15) is 18.4 Å². The fraction of sp³-hybridized carbons (Fsp3) is 0.600. The van der Waals surface area contributed by atoms with E-state index >= 15 is 0 Å². The lowest BCUT2D eigenvalue weighted by molar-refractivity contribution is 0.118. The summed E-state index contributed by atoms with van der Waals surface area (Å²) in [5.74, 6) is 0.277. The summed E-state index contributed by atoms with van der Waals surface area (Å²) in [4.78, 5) is 0. The first-order valence-electron chi connectivity index (χ1n) is 7.50. The summed E-state index contributed by atoms with van der Waals surface area (Å²) in [6.45, 7) is 2.04. The molecule has 1 aliphatic heterocycles. The molecule has 1 saturated heterocycles. The van der Waals surface area contributed by atoms with Crippen molar-refractivity contribution < 1.29 is 13.2 Å². The second-order valence-electron chi connectivity index (χ2n) is 5.56. The van der Waals surface area contributed by atoms with Gasteiger partial charge < -0.3 is 4.74 Å². The number of hydrogen-bond acceptors (Lipinski definition) is 3. The Morgan fingerprint density at radius 3 is 2.91 bits per heavy atom. The van der Waals surface area contributed by atoms with E-state index in [0.717, 1.165) is 18.4 Å². The molecule has 7 heteroatoms. The zero-order chi connectivity index (χ0) is 16.0. The molecule has 0 saturated carbocycles. The van der Waals surface area contributed by atoms with Crippen molar-refractivity contribution in [2.75, 3.05) is 33.4 Å². The number of benzene rings is 1. The number of methoxy groups -OCH3 is 1. The van der Waals surface area contributed by atoms with Gasteiger partial charge in [-0.2, -0.15) is 12.7 Å². The van der Waals surface area contributed by atoms with E-state index in [-0.39, 0.29) is 5.92 Å². The van der Waals surface area contributed by atoms with Crippen LogP contribution in [0.4, 0.5) is 0 Å². The first-order valence-corrected chi connectivity index (χ1v) is 9.32. The summed E-state index contributed by atoms with van der Waals surface area (Å²) in [6.07, 6.45) is 2.47. The van der Waals surface area contributed by atoms with Gasteiger partial charge in [0.05, 0.1) is 6.61 Å². The molecule has 0 amide bonds. The molecule has 0 aromatic heterocycles. The predicted molar refractivity (Wildman–Crippen MR) is 88.3 cm³/mol. The molecule has 1 aromatic rings. The summed E-state index contributed by atoms with van der Waals surface area (Å²) in [5.41, 5.74) is 0.947. The normalized spacial score (nSPS) is 20.2. The molecule has 1 heterocycles. The van der Waals surface area contributed by atoms with E-state index in [1.807, 2.05) is 24.3 Å². The van der Waals surface area contributed by atoms with Gasteiger partial charge in [-0.15, -0.1) is 0 Å². The Balaban J connectivity index is 1.87. The largest absolute Gasteiger partial charge is 0.384 e. The fourth-order valence-electron chi connectivity index (χ4n) is 2.72. The number of nitrogens with zero attached hydrogens (tertiary/aromatic N) is 1. The monoisotopic (exact) mass is 346 g/mol. The molecule has 0 spiro atoms. The molecule has 0 radical (unpaired) electrons. The summed E-state index contributed by atoms with van der Waals surface area (Å²) >= 11 is 6.08. The van der Waals surface area contributed by atoms with Crippen LogP contribution in [0.2, 0.25) is 5.02 Å². The van der Waals surface area contributed by atoms with Gasteiger partial charge in [-0.1, -0.05) is 29.8 Å². The van der Waals surface area contributed by atoms with Crippen LogP contribution in [-0.2, 0) is 21.4 Å². The highest BCUT2D eigenvalue weighted by Gasteiger charge is 2.28. The van der Waals surface area contributed by atoms with Crippen LogP contribution in [0, 0.1) is 5.92 Å². The topological polar surface area (TPSA) is 58.6 Å². The molecule has 1 fully saturated rings. The lowest BCUT2D eigenvalue weighted by atomic mass is 10.0. The summed E-state index contributed by atoms with van der Waals surface area (Å²) in [5, 5.41) is 0.667. The van der Waals surface area contributed by atoms with Crippen LogP contribution in [0.5, 0.6) is 0 Å². The first-order chi connectivity index (χ1) is 10.5. The minimum absolute atomic E-state index is 0.277. The van der Waals surface area contributed by atoms with Crippen molar-refractivity contribution >= 4 is 21.8 Å². The third-order valence-electron chi connectivity index (χ3n) is 3.86. The first kappa shape index (κ1) is 17.7. The second-order valence-corrected chi connectivity index (χ2v) is 7.72. The van der Waals surface area contributed by atoms with E-state index in [9.17, 15) is 8.42 Å². The van der Waals surface area contributed by atoms with Gasteiger partial charge in [0.15, 0.2) is 0 Å². The zero-order valence-electron chi connectivity index (χ0n) is 12.8. The quantitative estimate of drug-likeness (QED) is 0.822. The summed E-state index contributed by atoms with van der Waals surface area (Å²) < 4.78 is 34.0. The van der Waals surface area contributed by atoms with Crippen LogP contribution in [0.3, 0.4) is 0 Å². The molecule has 22 heavy (non-hydrogen) atoms. The second kappa shape index (κ2) is 8.26. The van der Waals surface area contributed by atoms with E-state index in [1.54, 1.807) is 7.11 Å². The summed E-state index contributed by atoms with van der Waals surface area (Å²) in [6, 6.07) is 7.48. The van der Waals surface area contributed by atoms with Crippen molar-refractivity contribution in [2.45, 2.75) is 19.3 Å². The highest BCUT2D eigenvalue weighted by Crippen LogP contribution is 2.19. The Labute approximate surface area is 137 Å². The van der Waals surface area contributed by atoms with E-state index < -0.39 is 10.2 Å². The summed E-state index contributed by atoms with van der Waals surface area (Å²) in [7, 11) is -1.78. The van der Waals surface area contributed by atoms with Crippen molar-refractivity contribution in [2.24, 2.45) is 5.92 Å². The lowest BCUT2D eigenvalue weighted by Crippen LogP contribution is -2.47. The van der Waals surface area contributed by atoms with E-state index in [0.29, 0.717) is 37.7 Å². The average Bonchev–Trinajstić information content (AvgIpc) is 2.50. The Hall–Kier alpha value is -0.660. The molecule has 0 bridgehead atoms. The number of ether oxygens (including phenoxy) is 1. The Morgan fingerprint density at radius 2 is 2.18 bits per heavy atom. The van der Waals surface area contributed by atoms with Crippen LogP contribution in [0.25, 0.3) is 0 Å². The van der Waals surface area contributed by atoms with Crippen LogP contribution in [-0.4, -0.2) is 46.1 Å². The zero-order valence-corrected chi connectivity index (χ0v) is 14.4. The minimum Gasteiger partial charge on any atom is -0.384 e. The van der Waals surface area contributed by atoms with Crippen molar-refractivity contribution in [3.8, 4) is 0 Å². The molecule has 2 rings (SSSR count). The minimum atomic E-state index is -3.43. The maximum Gasteiger partial charge on any atom is 0.279 e. The lowest BCUT2D eigenvalue weighted by Gasteiger charge is -2.31. The van der Waals surface area contributed by atoms with Gasteiger partial charge in [-0.25, -0.2) is 4.72 Å². The number of halogens is 1. The molecule has 1 aliphatic rings. The predicted octanol–water partition coefficient (Wildman–Crippen LogP) is 2.08. The SMILES string of the molecule is COCC1CCCN(S(=O)(=O)NCCc2ccccc2Cl)C1. The van der Waals surface area contributed by atoms with Gasteiger partial charge in [0.1, 0.15) is 0 Å². The molecule has 124 valence electrons. The Bertz CT molecular complexity index is 578. The third kappa shape index (κ3) is 4.93. The maximum atomic E-state index is 12.4. The fourth-order valence-corrected chi connectivity index (χ4v) is 4.27. The molecule has 1 N–H and O–H groups in total. The van der Waals surface area contributed by atoms with Crippen LogP contribution >= 0.6 is 11.6 Å². The van der Waals surface area contributed by atoms with Gasteiger partial charge >= 0.3 is 0 Å². The standard InChI is InChI=1S/C15H23ClN2O3S/c1-21-12-13-5-4-10-18(11-13)22(19,20)17-9-8-14-6-2-3-7-15(14)16/h2-3,6-7,13,17H,4-5,8-12H2,1H3. The molecular formula is C15H23ClN2O3S. The van der Waals surface area contributed by atoms with E-state index in [2.05, 4.69) is 4.72 Å². The van der Waals surface area contributed by atoms with Gasteiger partial charge in [0, 0.05) is 31.8 Å². The maximum absolute atomic E-state index is 12.4. The van der Waals surface area contributed by atoms with Crippen molar-refractivity contribution in [3.05, 3.63) is 34.9 Å². The average molecular weight is 347 g/mol. The van der Waals surface area contributed by atoms with Gasteiger partial charge in [0.2, 0.25) is 0 Å². The number of nitrogens with one attached hydrogen (secondary N) is 1. The molecule has 5 nitrogen and oxygen atoms in total. The highest BCUT2D eigenvalue weighted by atomic mass is 35.5. The molecule has 1 atom stereocenters. The van der Waals surface area contributed by atoms with Gasteiger partial charge in [-0.3, -0.25) is 0 Å². The molecular weight excluding hydrogens is 324 g/mol. The number of hydrogen-bond donors (Lipinski definition) is 1. The number of piperidine rings is 1. The Kier molecular flexibility index (Phi) is 6.65. The Morgan fingerprint density at radius 1 is 1.41 bits per heavy atom. The molecule has 0 aliphatic carbocycles. The van der Waals surface area contributed by atoms with E-state index in [1.165, 1.54) is 4.31 Å². The van der Waals surface area contributed by atoms with Gasteiger partial charge in [-0.05, 0) is 36.8 Å². The number of rotatable bonds is 7. The third-order valence-corrected chi connectivity index (χ3v) is 5.81. The van der Waals surface area contributed by atoms with E-state index in [4.69, 9.17) is 16.3 Å². The molecule has 1 aromatic carbocycles. The van der Waals surface area contributed by atoms with Crippen molar-refractivity contribution in [1.82, 2.24) is 9.03 Å². The smallest absolute Gasteiger partial charge is 0.279 e. The highest BCUT2D eigenvalue weighted by molar-refractivity contribution is 7.87. The van der Waals surface area contributed by atoms with Crippen molar-refractivity contribution in [3.63, 3.8) is 0 Å². The molecule has 1 unspecified atom stereocenters. The van der Waals surface area contributed by atoms with Crippen LogP contribution in [0.15, 0.2) is 24.3 Å². The van der Waals surface area contributed by atoms with Crippen LogP contribution < -0.4 is 4.72 Å².